The molecule has 1 N–H and O–H groups in total. The Labute approximate surface area is 124 Å². The Morgan fingerprint density at radius 2 is 2.15 bits per heavy atom. The van der Waals surface area contributed by atoms with Crippen molar-refractivity contribution in [1.82, 2.24) is 9.88 Å². The third kappa shape index (κ3) is 3.20. The van der Waals surface area contributed by atoms with Gasteiger partial charge in [-0.3, -0.25) is 9.69 Å². The first-order chi connectivity index (χ1) is 9.47. The summed E-state index contributed by atoms with van der Waals surface area (Å²) in [6.45, 7) is 8.86. The molecular weight excluding hydrogens is 272 g/mol. The molecule has 0 saturated carbocycles. The molecule has 1 saturated heterocycles. The Bertz CT molecular complexity index is 462. The van der Waals surface area contributed by atoms with Gasteiger partial charge in [-0.05, 0) is 32.4 Å². The first-order valence-corrected chi connectivity index (χ1v) is 8.25. The Hall–Kier alpha value is -0.940. The first-order valence-electron chi connectivity index (χ1n) is 7.37. The van der Waals surface area contributed by atoms with E-state index in [4.69, 9.17) is 0 Å². The maximum absolute atomic E-state index is 11.4. The summed E-state index contributed by atoms with van der Waals surface area (Å²) in [6, 6.07) is 0. The topological polar surface area (TPSA) is 53.4 Å². The monoisotopic (exact) mass is 296 g/mol. The molecule has 2 heterocycles. The molecule has 0 radical (unpaired) electrons. The van der Waals surface area contributed by atoms with E-state index in [1.165, 1.54) is 5.01 Å². The molecule has 112 valence electrons. The molecule has 0 aliphatic carbocycles. The third-order valence-corrected chi connectivity index (χ3v) is 5.59. The average Bonchev–Trinajstić information content (AvgIpc) is 2.88. The van der Waals surface area contributed by atoms with Gasteiger partial charge < -0.3 is 5.11 Å². The molecule has 2 rings (SSSR count). The van der Waals surface area contributed by atoms with Crippen molar-refractivity contribution in [2.45, 2.75) is 52.5 Å². The Kier molecular flexibility index (Phi) is 4.81. The number of likely N-dealkylation sites (tertiary alicyclic amines) is 1. The quantitative estimate of drug-likeness (QED) is 0.905. The molecule has 0 spiro atoms. The van der Waals surface area contributed by atoms with Crippen LogP contribution in [-0.2, 0) is 11.3 Å². The van der Waals surface area contributed by atoms with Crippen LogP contribution in [0, 0.1) is 5.41 Å². The minimum atomic E-state index is -0.629. The number of carbonyl (C=O) groups is 1. The number of hydrogen-bond donors (Lipinski definition) is 1. The zero-order valence-corrected chi connectivity index (χ0v) is 13.4. The van der Waals surface area contributed by atoms with Crippen molar-refractivity contribution in [3.63, 3.8) is 0 Å². The van der Waals surface area contributed by atoms with Gasteiger partial charge in [0.2, 0.25) is 0 Å². The predicted molar refractivity (Wildman–Crippen MR) is 81.1 cm³/mol. The number of rotatable bonds is 5. The van der Waals surface area contributed by atoms with Gasteiger partial charge in [-0.15, -0.1) is 11.3 Å². The average molecular weight is 296 g/mol. The second-order valence-electron chi connectivity index (χ2n) is 6.05. The minimum absolute atomic E-state index is 0.481. The van der Waals surface area contributed by atoms with Crippen LogP contribution in [0.5, 0.6) is 0 Å². The van der Waals surface area contributed by atoms with Crippen LogP contribution >= 0.6 is 11.3 Å². The van der Waals surface area contributed by atoms with Gasteiger partial charge in [-0.25, -0.2) is 4.98 Å². The number of carboxylic acids is 1. The van der Waals surface area contributed by atoms with E-state index in [0.29, 0.717) is 5.92 Å². The molecule has 0 amide bonds. The molecule has 4 nitrogen and oxygen atoms in total. The van der Waals surface area contributed by atoms with Gasteiger partial charge in [-0.2, -0.15) is 0 Å². The largest absolute Gasteiger partial charge is 0.481 e. The molecule has 0 unspecified atom stereocenters. The summed E-state index contributed by atoms with van der Waals surface area (Å²) in [6.07, 6.45) is 2.23. The SMILES string of the molecule is CCC1(C(=O)O)CCN(Cc2csc(C(C)C)n2)CC1. The van der Waals surface area contributed by atoms with Gasteiger partial charge in [-0.1, -0.05) is 20.8 Å². The highest BCUT2D eigenvalue weighted by molar-refractivity contribution is 7.09. The molecule has 1 aromatic heterocycles. The molecule has 1 aliphatic rings. The number of thiazole rings is 1. The summed E-state index contributed by atoms with van der Waals surface area (Å²) in [7, 11) is 0. The van der Waals surface area contributed by atoms with Crippen molar-refractivity contribution < 1.29 is 9.90 Å². The fraction of sp³-hybridized carbons (Fsp3) is 0.733. The first kappa shape index (κ1) is 15.4. The van der Waals surface area contributed by atoms with Gasteiger partial charge >= 0.3 is 5.97 Å². The number of carboxylic acid groups (broad SMARTS) is 1. The van der Waals surface area contributed by atoms with Gasteiger partial charge in [0, 0.05) is 17.8 Å². The highest BCUT2D eigenvalue weighted by Crippen LogP contribution is 2.35. The van der Waals surface area contributed by atoms with Crippen LogP contribution in [0.3, 0.4) is 0 Å². The number of aliphatic carboxylic acids is 1. The van der Waals surface area contributed by atoms with E-state index in [9.17, 15) is 9.90 Å². The van der Waals surface area contributed by atoms with Crippen LogP contribution in [0.2, 0.25) is 0 Å². The fourth-order valence-corrected chi connectivity index (χ4v) is 3.57. The van der Waals surface area contributed by atoms with Crippen LogP contribution in [0.15, 0.2) is 5.38 Å². The van der Waals surface area contributed by atoms with E-state index in [1.54, 1.807) is 11.3 Å². The minimum Gasteiger partial charge on any atom is -0.481 e. The molecule has 0 aromatic carbocycles. The summed E-state index contributed by atoms with van der Waals surface area (Å²) in [5, 5.41) is 12.7. The summed E-state index contributed by atoms with van der Waals surface area (Å²) in [5.41, 5.74) is 0.625. The Balaban J connectivity index is 1.92. The maximum atomic E-state index is 11.4. The van der Waals surface area contributed by atoms with Gasteiger partial charge in [0.05, 0.1) is 16.1 Å². The van der Waals surface area contributed by atoms with Crippen LogP contribution < -0.4 is 0 Å². The molecule has 0 atom stereocenters. The van der Waals surface area contributed by atoms with Gasteiger partial charge in [0.15, 0.2) is 0 Å². The van der Waals surface area contributed by atoms with Crippen LogP contribution in [0.25, 0.3) is 0 Å². The lowest BCUT2D eigenvalue weighted by Gasteiger charge is -2.38. The Morgan fingerprint density at radius 3 is 2.60 bits per heavy atom. The van der Waals surface area contributed by atoms with Gasteiger partial charge in [0.1, 0.15) is 0 Å². The molecular formula is C15H24N2O2S. The summed E-state index contributed by atoms with van der Waals surface area (Å²) < 4.78 is 0. The van der Waals surface area contributed by atoms with E-state index in [1.807, 2.05) is 6.92 Å². The highest BCUT2D eigenvalue weighted by atomic mass is 32.1. The van der Waals surface area contributed by atoms with Gasteiger partial charge in [0.25, 0.3) is 0 Å². The van der Waals surface area contributed by atoms with Crippen molar-refractivity contribution in [2.75, 3.05) is 13.1 Å². The molecule has 0 bridgehead atoms. The molecule has 1 aromatic rings. The van der Waals surface area contributed by atoms with Crippen molar-refractivity contribution in [3.05, 3.63) is 16.1 Å². The normalized spacial score (nSPS) is 19.4. The van der Waals surface area contributed by atoms with Crippen molar-refractivity contribution >= 4 is 17.3 Å². The smallest absolute Gasteiger partial charge is 0.309 e. The molecule has 5 heteroatoms. The van der Waals surface area contributed by atoms with Crippen molar-refractivity contribution in [2.24, 2.45) is 5.41 Å². The molecule has 1 fully saturated rings. The maximum Gasteiger partial charge on any atom is 0.309 e. The van der Waals surface area contributed by atoms with Crippen molar-refractivity contribution in [1.29, 1.82) is 0 Å². The molecule has 20 heavy (non-hydrogen) atoms. The lowest BCUT2D eigenvalue weighted by atomic mass is 9.76. The van der Waals surface area contributed by atoms with E-state index >= 15 is 0 Å². The second-order valence-corrected chi connectivity index (χ2v) is 6.94. The fourth-order valence-electron chi connectivity index (χ4n) is 2.75. The second kappa shape index (κ2) is 6.22. The summed E-state index contributed by atoms with van der Waals surface area (Å²) in [5.74, 6) is -0.148. The summed E-state index contributed by atoms with van der Waals surface area (Å²) in [4.78, 5) is 18.4. The van der Waals surface area contributed by atoms with E-state index in [0.717, 1.165) is 44.6 Å². The van der Waals surface area contributed by atoms with E-state index in [-0.39, 0.29) is 0 Å². The van der Waals surface area contributed by atoms with Crippen LogP contribution in [0.1, 0.15) is 56.7 Å². The number of aromatic nitrogens is 1. The van der Waals surface area contributed by atoms with Crippen LogP contribution in [0.4, 0.5) is 0 Å². The highest BCUT2D eigenvalue weighted by Gasteiger charge is 2.39. The standard InChI is InChI=1S/C15H24N2O2S/c1-4-15(14(18)19)5-7-17(8-6-15)9-12-10-20-13(16-12)11(2)3/h10-11H,4-9H2,1-3H3,(H,18,19). The van der Waals surface area contributed by atoms with E-state index < -0.39 is 11.4 Å². The van der Waals surface area contributed by atoms with E-state index in [2.05, 4.69) is 29.1 Å². The Morgan fingerprint density at radius 1 is 1.50 bits per heavy atom. The molecule has 1 aliphatic heterocycles. The predicted octanol–water partition coefficient (Wildman–Crippen LogP) is 3.34. The van der Waals surface area contributed by atoms with Crippen LogP contribution in [-0.4, -0.2) is 34.0 Å². The third-order valence-electron chi connectivity index (χ3n) is 4.39. The van der Waals surface area contributed by atoms with Crippen molar-refractivity contribution in [3.8, 4) is 0 Å². The zero-order valence-electron chi connectivity index (χ0n) is 12.6. The lowest BCUT2D eigenvalue weighted by Crippen LogP contribution is -2.43. The number of nitrogens with zero attached hydrogens (tertiary/aromatic N) is 2. The number of piperidine rings is 1. The number of hydrogen-bond acceptors (Lipinski definition) is 4. The lowest BCUT2D eigenvalue weighted by molar-refractivity contribution is -0.152. The zero-order chi connectivity index (χ0) is 14.8. The summed E-state index contributed by atoms with van der Waals surface area (Å²) >= 11 is 1.72.